The molecule has 3 aromatic carbocycles. The highest BCUT2D eigenvalue weighted by Gasteiger charge is 2.18. The number of nitrogens with one attached hydrogen (secondary N) is 3. The Hall–Kier alpha value is -4.27. The van der Waals surface area contributed by atoms with Gasteiger partial charge in [0.05, 0.1) is 11.5 Å². The zero-order valence-corrected chi connectivity index (χ0v) is 22.8. The van der Waals surface area contributed by atoms with Crippen molar-refractivity contribution in [2.24, 2.45) is 0 Å². The molecule has 198 valence electrons. The summed E-state index contributed by atoms with van der Waals surface area (Å²) in [6.45, 7) is 3.67. The fraction of sp³-hybridized carbons (Fsp3) is 0.100. The van der Waals surface area contributed by atoms with Crippen molar-refractivity contribution >= 4 is 58.5 Å². The lowest BCUT2D eigenvalue weighted by Crippen LogP contribution is -2.30. The third-order valence-corrected chi connectivity index (χ3v) is 7.20. The Kier molecular flexibility index (Phi) is 9.25. The van der Waals surface area contributed by atoms with E-state index < -0.39 is 11.8 Å². The lowest BCUT2D eigenvalue weighted by Gasteiger charge is -2.15. The molecule has 7 nitrogen and oxygen atoms in total. The normalized spacial score (nSPS) is 11.9. The fourth-order valence-corrected chi connectivity index (χ4v) is 4.55. The molecule has 0 saturated heterocycles. The average Bonchev–Trinajstić information content (AvgIpc) is 3.45. The molecule has 0 radical (unpaired) electrons. The summed E-state index contributed by atoms with van der Waals surface area (Å²) in [5.74, 6) is -0.665. The molecule has 1 aromatic heterocycles. The molecule has 9 heteroatoms. The van der Waals surface area contributed by atoms with Crippen LogP contribution in [0.15, 0.2) is 106 Å². The molecule has 1 unspecified atom stereocenters. The van der Waals surface area contributed by atoms with Crippen LogP contribution in [0.2, 0.25) is 5.02 Å². The van der Waals surface area contributed by atoms with E-state index in [1.54, 1.807) is 66.7 Å². The second kappa shape index (κ2) is 13.0. The molecule has 3 amide bonds. The van der Waals surface area contributed by atoms with E-state index in [-0.39, 0.29) is 16.9 Å². The summed E-state index contributed by atoms with van der Waals surface area (Å²) in [5, 5.41) is 8.59. The maximum absolute atomic E-state index is 13.1. The minimum absolute atomic E-state index is 0.0267. The fourth-order valence-electron chi connectivity index (χ4n) is 3.51. The van der Waals surface area contributed by atoms with Gasteiger partial charge in [0.2, 0.25) is 5.91 Å². The van der Waals surface area contributed by atoms with E-state index in [4.69, 9.17) is 16.0 Å². The molecule has 3 N–H and O–H groups in total. The molecule has 0 bridgehead atoms. The topological polar surface area (TPSA) is 100 Å². The van der Waals surface area contributed by atoms with E-state index in [0.717, 1.165) is 10.5 Å². The SMILES string of the molecule is Cc1c(Cl)cccc1NC(=O)C(C)Sc1ccc(NC(=O)/C(=C/c2ccco2)NC(=O)c2ccccc2)cc1. The summed E-state index contributed by atoms with van der Waals surface area (Å²) in [7, 11) is 0. The van der Waals surface area contributed by atoms with E-state index in [9.17, 15) is 14.4 Å². The molecule has 4 rings (SSSR count). The Bertz CT molecular complexity index is 1490. The van der Waals surface area contributed by atoms with Gasteiger partial charge >= 0.3 is 0 Å². The van der Waals surface area contributed by atoms with Crippen LogP contribution in [-0.2, 0) is 9.59 Å². The monoisotopic (exact) mass is 559 g/mol. The quantitative estimate of drug-likeness (QED) is 0.155. The molecular weight excluding hydrogens is 534 g/mol. The number of rotatable bonds is 9. The van der Waals surface area contributed by atoms with E-state index in [1.165, 1.54) is 24.1 Å². The number of anilines is 2. The second-order valence-electron chi connectivity index (χ2n) is 8.53. The van der Waals surface area contributed by atoms with Crippen LogP contribution >= 0.6 is 23.4 Å². The summed E-state index contributed by atoms with van der Waals surface area (Å²) in [4.78, 5) is 39.3. The Balaban J connectivity index is 1.40. The third kappa shape index (κ3) is 7.63. The predicted octanol–water partition coefficient (Wildman–Crippen LogP) is 6.77. The van der Waals surface area contributed by atoms with Crippen LogP contribution in [0.1, 0.15) is 28.6 Å². The van der Waals surface area contributed by atoms with Crippen LogP contribution in [0.3, 0.4) is 0 Å². The first kappa shape index (κ1) is 27.8. The van der Waals surface area contributed by atoms with Gasteiger partial charge in [-0.3, -0.25) is 14.4 Å². The number of hydrogen-bond donors (Lipinski definition) is 3. The summed E-state index contributed by atoms with van der Waals surface area (Å²) >= 11 is 7.53. The number of furan rings is 1. The average molecular weight is 560 g/mol. The van der Waals surface area contributed by atoms with Crippen molar-refractivity contribution in [2.45, 2.75) is 24.0 Å². The van der Waals surface area contributed by atoms with E-state index >= 15 is 0 Å². The number of benzene rings is 3. The van der Waals surface area contributed by atoms with Crippen molar-refractivity contribution < 1.29 is 18.8 Å². The smallest absolute Gasteiger partial charge is 0.272 e. The number of carbonyl (C=O) groups excluding carboxylic acids is 3. The third-order valence-electron chi connectivity index (χ3n) is 5.68. The van der Waals surface area contributed by atoms with Crippen LogP contribution < -0.4 is 16.0 Å². The van der Waals surface area contributed by atoms with Gasteiger partial charge in [0, 0.05) is 32.9 Å². The molecule has 39 heavy (non-hydrogen) atoms. The van der Waals surface area contributed by atoms with Gasteiger partial charge in [-0.25, -0.2) is 0 Å². The molecule has 0 aliphatic carbocycles. The van der Waals surface area contributed by atoms with E-state index in [2.05, 4.69) is 16.0 Å². The van der Waals surface area contributed by atoms with Gasteiger partial charge in [0.15, 0.2) is 0 Å². The van der Waals surface area contributed by atoms with Crippen molar-refractivity contribution in [3.8, 4) is 0 Å². The number of halogens is 1. The van der Waals surface area contributed by atoms with Gasteiger partial charge < -0.3 is 20.4 Å². The van der Waals surface area contributed by atoms with Crippen LogP contribution in [0.5, 0.6) is 0 Å². The lowest BCUT2D eigenvalue weighted by atomic mass is 10.2. The van der Waals surface area contributed by atoms with E-state index in [0.29, 0.717) is 27.7 Å². The molecule has 0 aliphatic rings. The first-order chi connectivity index (χ1) is 18.8. The molecule has 0 fully saturated rings. The van der Waals surface area contributed by atoms with Crippen LogP contribution in [0.4, 0.5) is 11.4 Å². The molecule has 0 spiro atoms. The summed E-state index contributed by atoms with van der Waals surface area (Å²) in [6, 6.07) is 24.4. The highest BCUT2D eigenvalue weighted by molar-refractivity contribution is 8.00. The highest BCUT2D eigenvalue weighted by atomic mass is 35.5. The van der Waals surface area contributed by atoms with Crippen LogP contribution in [-0.4, -0.2) is 23.0 Å². The summed E-state index contributed by atoms with van der Waals surface area (Å²) < 4.78 is 5.32. The van der Waals surface area contributed by atoms with Crippen LogP contribution in [0, 0.1) is 6.92 Å². The first-order valence-electron chi connectivity index (χ1n) is 12.1. The van der Waals surface area contributed by atoms with Crippen molar-refractivity contribution in [2.75, 3.05) is 10.6 Å². The summed E-state index contributed by atoms with van der Waals surface area (Å²) in [5.41, 5.74) is 2.45. The van der Waals surface area contributed by atoms with Gasteiger partial charge in [0.1, 0.15) is 11.5 Å². The maximum atomic E-state index is 13.1. The van der Waals surface area contributed by atoms with Crippen molar-refractivity contribution in [1.29, 1.82) is 0 Å². The molecule has 1 atom stereocenters. The van der Waals surface area contributed by atoms with Gasteiger partial charge in [-0.15, -0.1) is 11.8 Å². The van der Waals surface area contributed by atoms with Gasteiger partial charge in [0.25, 0.3) is 11.8 Å². The second-order valence-corrected chi connectivity index (χ2v) is 10.4. The van der Waals surface area contributed by atoms with Crippen molar-refractivity contribution in [3.63, 3.8) is 0 Å². The highest BCUT2D eigenvalue weighted by Crippen LogP contribution is 2.28. The Labute approximate surface area is 235 Å². The molecule has 0 saturated carbocycles. The van der Waals surface area contributed by atoms with E-state index in [1.807, 2.05) is 32.0 Å². The number of amides is 3. The molecular formula is C30H26ClN3O4S. The zero-order valence-electron chi connectivity index (χ0n) is 21.2. The van der Waals surface area contributed by atoms with Crippen molar-refractivity contribution in [1.82, 2.24) is 5.32 Å². The minimum Gasteiger partial charge on any atom is -0.465 e. The zero-order chi connectivity index (χ0) is 27.8. The number of hydrogen-bond acceptors (Lipinski definition) is 5. The number of thioether (sulfide) groups is 1. The standard InChI is InChI=1S/C30H26ClN3O4S/c1-19-25(31)11-6-12-26(19)33-28(35)20(2)39-24-15-13-22(14-16-24)32-30(37)27(18-23-10-7-17-38-23)34-29(36)21-8-4-3-5-9-21/h3-18,20H,1-2H3,(H,32,37)(H,33,35)(H,34,36)/b27-18-. The molecule has 0 aliphatic heterocycles. The molecule has 4 aromatic rings. The Morgan fingerprint density at radius 3 is 2.33 bits per heavy atom. The van der Waals surface area contributed by atoms with Gasteiger partial charge in [-0.2, -0.15) is 0 Å². The lowest BCUT2D eigenvalue weighted by molar-refractivity contribution is -0.115. The maximum Gasteiger partial charge on any atom is 0.272 e. The first-order valence-corrected chi connectivity index (χ1v) is 13.3. The van der Waals surface area contributed by atoms with Gasteiger partial charge in [-0.05, 0) is 80.1 Å². The predicted molar refractivity (Wildman–Crippen MR) is 156 cm³/mol. The largest absolute Gasteiger partial charge is 0.465 e. The Morgan fingerprint density at radius 2 is 1.64 bits per heavy atom. The Morgan fingerprint density at radius 1 is 0.897 bits per heavy atom. The summed E-state index contributed by atoms with van der Waals surface area (Å²) in [6.07, 6.45) is 2.94. The van der Waals surface area contributed by atoms with Crippen LogP contribution in [0.25, 0.3) is 6.08 Å². The van der Waals surface area contributed by atoms with Gasteiger partial charge in [-0.1, -0.05) is 35.9 Å². The number of carbonyl (C=O) groups is 3. The van der Waals surface area contributed by atoms with Crippen molar-refractivity contribution in [3.05, 3.63) is 119 Å². The molecule has 1 heterocycles. The minimum atomic E-state index is -0.513.